The summed E-state index contributed by atoms with van der Waals surface area (Å²) >= 11 is 0. The molecule has 0 aromatic carbocycles. The lowest BCUT2D eigenvalue weighted by molar-refractivity contribution is 0.246. The second-order valence-electron chi connectivity index (χ2n) is 3.97. The van der Waals surface area contributed by atoms with E-state index in [0.717, 1.165) is 19.4 Å². The van der Waals surface area contributed by atoms with E-state index in [-0.39, 0.29) is 0 Å². The summed E-state index contributed by atoms with van der Waals surface area (Å²) < 4.78 is 5.19. The molecule has 0 N–H and O–H groups in total. The van der Waals surface area contributed by atoms with Crippen LogP contribution in [0.25, 0.3) is 0 Å². The van der Waals surface area contributed by atoms with Crippen molar-refractivity contribution in [1.29, 1.82) is 5.26 Å². The Morgan fingerprint density at radius 1 is 1.33 bits per heavy atom. The molecule has 3 unspecified atom stereocenters. The fourth-order valence-electron chi connectivity index (χ4n) is 2.20. The Labute approximate surface area is 73.5 Å². The maximum Gasteiger partial charge on any atom is 0.0813 e. The van der Waals surface area contributed by atoms with E-state index < -0.39 is 0 Å². The molecule has 12 heavy (non-hydrogen) atoms. The lowest BCUT2D eigenvalue weighted by Gasteiger charge is -2.25. The van der Waals surface area contributed by atoms with Crippen LogP contribution in [0.5, 0.6) is 0 Å². The molecule has 1 aliphatic heterocycles. The first kappa shape index (κ1) is 8.07. The Bertz CT molecular complexity index is 193. The molecule has 0 radical (unpaired) electrons. The predicted molar refractivity (Wildman–Crippen MR) is 45.4 cm³/mol. The third-order valence-corrected chi connectivity index (χ3v) is 3.04. The van der Waals surface area contributed by atoms with E-state index in [2.05, 4.69) is 6.07 Å². The third kappa shape index (κ3) is 1.78. The van der Waals surface area contributed by atoms with Gasteiger partial charge in [0.2, 0.25) is 0 Å². The quantitative estimate of drug-likeness (QED) is 0.587. The van der Waals surface area contributed by atoms with Crippen LogP contribution in [0.15, 0.2) is 0 Å². The van der Waals surface area contributed by atoms with E-state index in [0.29, 0.717) is 17.9 Å². The van der Waals surface area contributed by atoms with E-state index in [4.69, 9.17) is 10.00 Å². The van der Waals surface area contributed by atoms with Gasteiger partial charge in [-0.2, -0.15) is 5.26 Å². The van der Waals surface area contributed by atoms with Crippen molar-refractivity contribution in [3.63, 3.8) is 0 Å². The first-order chi connectivity index (χ1) is 5.90. The zero-order valence-corrected chi connectivity index (χ0v) is 7.33. The van der Waals surface area contributed by atoms with Crippen LogP contribution >= 0.6 is 0 Å². The lowest BCUT2D eigenvalue weighted by atomic mass is 9.78. The number of epoxide rings is 1. The van der Waals surface area contributed by atoms with E-state index in [1.807, 2.05) is 0 Å². The highest BCUT2D eigenvalue weighted by atomic mass is 16.6. The minimum atomic E-state index is 0.322. The molecule has 0 amide bonds. The van der Waals surface area contributed by atoms with Crippen molar-refractivity contribution in [1.82, 2.24) is 0 Å². The minimum Gasteiger partial charge on any atom is -0.373 e. The monoisotopic (exact) mass is 165 g/mol. The topological polar surface area (TPSA) is 36.3 Å². The van der Waals surface area contributed by atoms with Gasteiger partial charge in [-0.3, -0.25) is 0 Å². The molecular formula is C10H15NO. The summed E-state index contributed by atoms with van der Waals surface area (Å²) in [4.78, 5) is 0. The molecule has 2 fully saturated rings. The van der Waals surface area contributed by atoms with Crippen molar-refractivity contribution in [3.8, 4) is 6.07 Å². The highest BCUT2D eigenvalue weighted by Gasteiger charge is 2.32. The maximum absolute atomic E-state index is 8.90. The minimum absolute atomic E-state index is 0.322. The first-order valence-electron chi connectivity index (χ1n) is 4.91. The SMILES string of the molecule is N#CC1CCCCC1CC1CO1. The van der Waals surface area contributed by atoms with Gasteiger partial charge in [0.25, 0.3) is 0 Å². The number of hydrogen-bond donors (Lipinski definition) is 0. The Balaban J connectivity index is 1.86. The van der Waals surface area contributed by atoms with Crippen molar-refractivity contribution in [2.24, 2.45) is 11.8 Å². The number of nitrogens with zero attached hydrogens (tertiary/aromatic N) is 1. The molecule has 1 heterocycles. The molecule has 1 saturated carbocycles. The van der Waals surface area contributed by atoms with Crippen molar-refractivity contribution < 1.29 is 4.74 Å². The van der Waals surface area contributed by atoms with Gasteiger partial charge in [0, 0.05) is 5.92 Å². The van der Waals surface area contributed by atoms with Crippen LogP contribution in [0.4, 0.5) is 0 Å². The average molecular weight is 165 g/mol. The standard InChI is InChI=1S/C10H15NO/c11-6-9-4-2-1-3-8(9)5-10-7-12-10/h8-10H,1-5,7H2. The summed E-state index contributed by atoms with van der Waals surface area (Å²) in [5, 5.41) is 8.90. The highest BCUT2D eigenvalue weighted by molar-refractivity contribution is 4.92. The first-order valence-corrected chi connectivity index (χ1v) is 4.91. The van der Waals surface area contributed by atoms with Crippen molar-refractivity contribution in [2.75, 3.05) is 6.61 Å². The fraction of sp³-hybridized carbons (Fsp3) is 0.900. The van der Waals surface area contributed by atoms with Crippen LogP contribution < -0.4 is 0 Å². The molecule has 2 nitrogen and oxygen atoms in total. The highest BCUT2D eigenvalue weighted by Crippen LogP contribution is 2.35. The van der Waals surface area contributed by atoms with Gasteiger partial charge in [-0.15, -0.1) is 0 Å². The summed E-state index contributed by atoms with van der Waals surface area (Å²) in [7, 11) is 0. The Morgan fingerprint density at radius 2 is 2.08 bits per heavy atom. The molecule has 0 aromatic heterocycles. The maximum atomic E-state index is 8.90. The molecule has 1 saturated heterocycles. The van der Waals surface area contributed by atoms with Gasteiger partial charge >= 0.3 is 0 Å². The van der Waals surface area contributed by atoms with Gasteiger partial charge in [0.1, 0.15) is 0 Å². The molecule has 2 heteroatoms. The third-order valence-electron chi connectivity index (χ3n) is 3.04. The summed E-state index contributed by atoms with van der Waals surface area (Å²) in [6, 6.07) is 2.43. The van der Waals surface area contributed by atoms with E-state index >= 15 is 0 Å². The smallest absolute Gasteiger partial charge is 0.0813 e. The van der Waals surface area contributed by atoms with Gasteiger partial charge in [0.15, 0.2) is 0 Å². The number of rotatable bonds is 2. The molecule has 1 aliphatic carbocycles. The second kappa shape index (κ2) is 3.45. The van der Waals surface area contributed by atoms with Gasteiger partial charge in [-0.05, 0) is 25.2 Å². The van der Waals surface area contributed by atoms with Crippen LogP contribution in [0.3, 0.4) is 0 Å². The fourth-order valence-corrected chi connectivity index (χ4v) is 2.20. The molecule has 2 aliphatic rings. The summed E-state index contributed by atoms with van der Waals surface area (Å²) in [6.07, 6.45) is 6.57. The predicted octanol–water partition coefficient (Wildman–Crippen LogP) is 2.11. The lowest BCUT2D eigenvalue weighted by Crippen LogP contribution is -2.19. The van der Waals surface area contributed by atoms with E-state index in [1.165, 1.54) is 19.3 Å². The molecule has 0 aromatic rings. The molecule has 0 bridgehead atoms. The molecule has 2 rings (SSSR count). The van der Waals surface area contributed by atoms with Crippen molar-refractivity contribution in [2.45, 2.75) is 38.2 Å². The second-order valence-corrected chi connectivity index (χ2v) is 3.97. The Kier molecular flexibility index (Phi) is 2.32. The molecule has 66 valence electrons. The van der Waals surface area contributed by atoms with Gasteiger partial charge in [0.05, 0.1) is 18.8 Å². The normalized spacial score (nSPS) is 40.4. The molecule has 0 spiro atoms. The van der Waals surface area contributed by atoms with Gasteiger partial charge in [-0.1, -0.05) is 12.8 Å². The number of ether oxygens (including phenoxy) is 1. The summed E-state index contributed by atoms with van der Waals surface area (Å²) in [5.74, 6) is 0.958. The molecular weight excluding hydrogens is 150 g/mol. The zero-order valence-electron chi connectivity index (χ0n) is 7.33. The van der Waals surface area contributed by atoms with Crippen LogP contribution in [0.2, 0.25) is 0 Å². The Hall–Kier alpha value is -0.550. The molecule has 3 atom stereocenters. The summed E-state index contributed by atoms with van der Waals surface area (Å²) in [5.41, 5.74) is 0. The average Bonchev–Trinajstić information content (AvgIpc) is 2.89. The van der Waals surface area contributed by atoms with Gasteiger partial charge in [-0.25, -0.2) is 0 Å². The van der Waals surface area contributed by atoms with E-state index in [1.54, 1.807) is 0 Å². The number of nitriles is 1. The number of hydrogen-bond acceptors (Lipinski definition) is 2. The van der Waals surface area contributed by atoms with Crippen LogP contribution in [0.1, 0.15) is 32.1 Å². The largest absolute Gasteiger partial charge is 0.373 e. The van der Waals surface area contributed by atoms with Crippen LogP contribution in [0, 0.1) is 23.2 Å². The van der Waals surface area contributed by atoms with Crippen molar-refractivity contribution >= 4 is 0 Å². The Morgan fingerprint density at radius 3 is 2.75 bits per heavy atom. The van der Waals surface area contributed by atoms with Gasteiger partial charge < -0.3 is 4.74 Å². The zero-order chi connectivity index (χ0) is 8.39. The van der Waals surface area contributed by atoms with Crippen LogP contribution in [-0.4, -0.2) is 12.7 Å². The summed E-state index contributed by atoms with van der Waals surface area (Å²) in [6.45, 7) is 0.939. The van der Waals surface area contributed by atoms with E-state index in [9.17, 15) is 0 Å². The van der Waals surface area contributed by atoms with Crippen molar-refractivity contribution in [3.05, 3.63) is 0 Å². The van der Waals surface area contributed by atoms with Crippen LogP contribution in [-0.2, 0) is 4.74 Å².